The van der Waals surface area contributed by atoms with Gasteiger partial charge < -0.3 is 9.53 Å². The van der Waals surface area contributed by atoms with E-state index in [0.29, 0.717) is 5.92 Å². The number of hydrogen-bond donors (Lipinski definition) is 1. The van der Waals surface area contributed by atoms with E-state index in [1.54, 1.807) is 0 Å². The minimum atomic E-state index is -1.78. The van der Waals surface area contributed by atoms with Crippen molar-refractivity contribution in [2.75, 3.05) is 0 Å². The molecule has 22 heavy (non-hydrogen) atoms. The monoisotopic (exact) mass is 318 g/mol. The molecule has 2 aliphatic carbocycles. The first kappa shape index (κ1) is 16.2. The summed E-state index contributed by atoms with van der Waals surface area (Å²) in [6.45, 7) is 11.5. The fraction of sp³-hybridized carbons (Fsp3) is 0.684. The topological polar surface area (TPSA) is 29.5 Å². The average molecular weight is 319 g/mol. The Labute approximate surface area is 136 Å². The maximum Gasteiger partial charge on any atom is 0.192 e. The van der Waals surface area contributed by atoms with Crippen molar-refractivity contribution in [1.82, 2.24) is 0 Å². The second-order valence-corrected chi connectivity index (χ2v) is 13.6. The van der Waals surface area contributed by atoms with E-state index < -0.39 is 13.9 Å². The molecule has 1 aromatic rings. The smallest absolute Gasteiger partial charge is 0.192 e. The van der Waals surface area contributed by atoms with Crippen LogP contribution in [0.1, 0.15) is 39.2 Å². The molecule has 0 heterocycles. The number of rotatable bonds is 4. The zero-order valence-electron chi connectivity index (χ0n) is 14.6. The van der Waals surface area contributed by atoms with Crippen molar-refractivity contribution in [3.05, 3.63) is 35.9 Å². The highest BCUT2D eigenvalue weighted by molar-refractivity contribution is 6.74. The van der Waals surface area contributed by atoms with Crippen molar-refractivity contribution in [3.8, 4) is 0 Å². The summed E-state index contributed by atoms with van der Waals surface area (Å²) in [5, 5.41) is 11.1. The second kappa shape index (κ2) is 5.18. The molecule has 0 aliphatic heterocycles. The van der Waals surface area contributed by atoms with Gasteiger partial charge in [0.1, 0.15) is 0 Å². The minimum Gasteiger partial charge on any atom is -0.414 e. The maximum absolute atomic E-state index is 10.9. The Morgan fingerprint density at radius 3 is 2.45 bits per heavy atom. The van der Waals surface area contributed by atoms with Gasteiger partial charge in [-0.1, -0.05) is 51.1 Å². The lowest BCUT2D eigenvalue weighted by atomic mass is 9.90. The van der Waals surface area contributed by atoms with Crippen LogP contribution in [0.15, 0.2) is 30.3 Å². The Morgan fingerprint density at radius 2 is 1.86 bits per heavy atom. The van der Waals surface area contributed by atoms with Crippen molar-refractivity contribution in [3.63, 3.8) is 0 Å². The summed E-state index contributed by atoms with van der Waals surface area (Å²) in [4.78, 5) is 0. The van der Waals surface area contributed by atoms with Crippen LogP contribution in [0.3, 0.4) is 0 Å². The molecule has 0 spiro atoms. The number of benzene rings is 1. The zero-order valence-corrected chi connectivity index (χ0v) is 15.6. The molecular formula is C19H30O2Si. The second-order valence-electron chi connectivity index (χ2n) is 8.84. The normalized spacial score (nSPS) is 34.5. The lowest BCUT2D eigenvalue weighted by Crippen LogP contribution is -2.46. The molecule has 2 fully saturated rings. The third-order valence-corrected chi connectivity index (χ3v) is 10.8. The molecule has 122 valence electrons. The predicted molar refractivity (Wildman–Crippen MR) is 93.4 cm³/mol. The highest BCUT2D eigenvalue weighted by Gasteiger charge is 2.66. The van der Waals surface area contributed by atoms with E-state index in [9.17, 15) is 5.11 Å². The van der Waals surface area contributed by atoms with Gasteiger partial charge in [0.25, 0.3) is 0 Å². The van der Waals surface area contributed by atoms with Crippen molar-refractivity contribution in [2.24, 2.45) is 11.8 Å². The first-order valence-corrected chi connectivity index (χ1v) is 11.5. The van der Waals surface area contributed by atoms with Crippen molar-refractivity contribution < 1.29 is 9.53 Å². The Bertz CT molecular complexity index is 534. The van der Waals surface area contributed by atoms with Crippen LogP contribution in [0, 0.1) is 11.8 Å². The van der Waals surface area contributed by atoms with Crippen LogP contribution < -0.4 is 0 Å². The molecule has 1 aromatic carbocycles. The molecule has 3 heteroatoms. The van der Waals surface area contributed by atoms with Crippen LogP contribution in [-0.4, -0.2) is 25.1 Å². The molecule has 2 nitrogen and oxygen atoms in total. The summed E-state index contributed by atoms with van der Waals surface area (Å²) in [5.41, 5.74) is 0.861. The molecule has 2 aliphatic rings. The lowest BCUT2D eigenvalue weighted by molar-refractivity contribution is 0.0323. The Balaban J connectivity index is 1.77. The van der Waals surface area contributed by atoms with Crippen molar-refractivity contribution in [1.29, 1.82) is 0 Å². The van der Waals surface area contributed by atoms with E-state index in [4.69, 9.17) is 4.43 Å². The fourth-order valence-corrected chi connectivity index (χ4v) is 5.08. The third kappa shape index (κ3) is 2.79. The number of hydrogen-bond acceptors (Lipinski definition) is 2. The van der Waals surface area contributed by atoms with Gasteiger partial charge in [-0.3, -0.25) is 0 Å². The van der Waals surface area contributed by atoms with Gasteiger partial charge in [-0.25, -0.2) is 0 Å². The summed E-state index contributed by atoms with van der Waals surface area (Å²) < 4.78 is 6.69. The van der Waals surface area contributed by atoms with Gasteiger partial charge in [0.2, 0.25) is 0 Å². The predicted octanol–water partition coefficient (Wildman–Crippen LogP) is 4.39. The lowest BCUT2D eigenvalue weighted by Gasteiger charge is -2.41. The standard InChI is InChI=1S/C19H30O2Si/c1-18(2,3)22(4,5)21-17-12-15-13-19(15,20)16(17)11-14-9-7-6-8-10-14/h6-10,15-17,20H,11-13H2,1-5H3/t15?,16-,17-,19+/m0/s1. The molecule has 0 amide bonds. The molecule has 0 bridgehead atoms. The molecule has 4 atom stereocenters. The summed E-state index contributed by atoms with van der Waals surface area (Å²) in [6.07, 6.45) is 3.18. The van der Waals surface area contributed by atoms with Gasteiger partial charge in [-0.05, 0) is 48.9 Å². The quantitative estimate of drug-likeness (QED) is 0.834. The van der Waals surface area contributed by atoms with E-state index in [0.717, 1.165) is 19.3 Å². The van der Waals surface area contributed by atoms with E-state index >= 15 is 0 Å². The van der Waals surface area contributed by atoms with Crippen molar-refractivity contribution >= 4 is 8.32 Å². The highest BCUT2D eigenvalue weighted by atomic mass is 28.4. The molecule has 1 unspecified atom stereocenters. The van der Waals surface area contributed by atoms with E-state index in [-0.39, 0.29) is 17.1 Å². The molecule has 0 saturated heterocycles. The average Bonchev–Trinajstić information content (AvgIpc) is 2.99. The summed E-state index contributed by atoms with van der Waals surface area (Å²) in [5.74, 6) is 0.727. The van der Waals surface area contributed by atoms with Crippen LogP contribution in [0.25, 0.3) is 0 Å². The van der Waals surface area contributed by atoms with Crippen LogP contribution in [-0.2, 0) is 10.8 Å². The number of fused-ring (bicyclic) bond motifs is 1. The highest BCUT2D eigenvalue weighted by Crippen LogP contribution is 2.61. The van der Waals surface area contributed by atoms with Gasteiger partial charge in [0, 0.05) is 5.92 Å². The van der Waals surface area contributed by atoms with Gasteiger partial charge in [-0.2, -0.15) is 0 Å². The van der Waals surface area contributed by atoms with E-state index in [2.05, 4.69) is 64.2 Å². The Hall–Kier alpha value is -0.643. The molecule has 2 saturated carbocycles. The molecule has 1 N–H and O–H groups in total. The summed E-state index contributed by atoms with van der Waals surface area (Å²) >= 11 is 0. The fourth-order valence-electron chi connectivity index (χ4n) is 3.71. The van der Waals surface area contributed by atoms with Crippen LogP contribution in [0.4, 0.5) is 0 Å². The Kier molecular flexibility index (Phi) is 3.82. The van der Waals surface area contributed by atoms with E-state index in [1.165, 1.54) is 5.56 Å². The minimum absolute atomic E-state index is 0.222. The zero-order chi connectivity index (χ0) is 16.2. The van der Waals surface area contributed by atoms with Gasteiger partial charge in [-0.15, -0.1) is 0 Å². The first-order chi connectivity index (χ1) is 10.1. The molecule has 3 rings (SSSR count). The third-order valence-electron chi connectivity index (χ3n) is 6.28. The molecular weight excluding hydrogens is 288 g/mol. The van der Waals surface area contributed by atoms with Crippen LogP contribution in [0.5, 0.6) is 0 Å². The van der Waals surface area contributed by atoms with Gasteiger partial charge >= 0.3 is 0 Å². The first-order valence-electron chi connectivity index (χ1n) is 8.57. The van der Waals surface area contributed by atoms with E-state index in [1.807, 2.05) is 0 Å². The SMILES string of the molecule is CC(C)(C)[Si](C)(C)O[C@H]1CC2C[C@]2(O)[C@H]1Cc1ccccc1. The molecule has 0 aromatic heterocycles. The van der Waals surface area contributed by atoms with Crippen LogP contribution in [0.2, 0.25) is 18.1 Å². The van der Waals surface area contributed by atoms with Gasteiger partial charge in [0.15, 0.2) is 8.32 Å². The molecule has 0 radical (unpaired) electrons. The van der Waals surface area contributed by atoms with Crippen molar-refractivity contribution in [2.45, 2.75) is 69.9 Å². The summed E-state index contributed by atoms with van der Waals surface area (Å²) in [6, 6.07) is 10.6. The maximum atomic E-state index is 10.9. The van der Waals surface area contributed by atoms with Crippen LogP contribution >= 0.6 is 0 Å². The largest absolute Gasteiger partial charge is 0.414 e. The number of aliphatic hydroxyl groups is 1. The Morgan fingerprint density at radius 1 is 1.23 bits per heavy atom. The van der Waals surface area contributed by atoms with Gasteiger partial charge in [0.05, 0.1) is 11.7 Å². The summed E-state index contributed by atoms with van der Waals surface area (Å²) in [7, 11) is -1.78.